The fourth-order valence-corrected chi connectivity index (χ4v) is 4.31. The second-order valence-electron chi connectivity index (χ2n) is 9.03. The molecule has 0 spiro atoms. The van der Waals surface area contributed by atoms with E-state index in [0.717, 1.165) is 28.0 Å². The summed E-state index contributed by atoms with van der Waals surface area (Å²) in [4.78, 5) is 26.5. The van der Waals surface area contributed by atoms with Gasteiger partial charge in [0.2, 0.25) is 5.91 Å². The van der Waals surface area contributed by atoms with Gasteiger partial charge in [-0.3, -0.25) is 4.79 Å². The van der Waals surface area contributed by atoms with Gasteiger partial charge in [0.25, 0.3) is 0 Å². The molecule has 0 aliphatic carbocycles. The number of hydrogen-bond acceptors (Lipinski definition) is 4. The molecule has 1 atom stereocenters. The van der Waals surface area contributed by atoms with E-state index in [1.165, 1.54) is 7.11 Å². The van der Waals surface area contributed by atoms with Gasteiger partial charge in [0, 0.05) is 6.42 Å². The Hall–Kier alpha value is -4.38. The van der Waals surface area contributed by atoms with Crippen molar-refractivity contribution >= 4 is 11.9 Å². The molecule has 188 valence electrons. The van der Waals surface area contributed by atoms with E-state index in [1.54, 1.807) is 0 Å². The number of methoxy groups -OCH3 is 1. The Kier molecular flexibility index (Phi) is 8.37. The van der Waals surface area contributed by atoms with E-state index in [9.17, 15) is 9.59 Å². The third-order valence-electron chi connectivity index (χ3n) is 6.56. The van der Waals surface area contributed by atoms with Crippen LogP contribution in [-0.4, -0.2) is 25.0 Å². The molecule has 4 aromatic carbocycles. The first-order valence-electron chi connectivity index (χ1n) is 12.3. The zero-order valence-corrected chi connectivity index (χ0v) is 21.1. The normalized spacial score (nSPS) is 11.8. The number of carbonyl (C=O) groups is 2. The van der Waals surface area contributed by atoms with Crippen LogP contribution in [0, 0.1) is 0 Å². The molecule has 37 heavy (non-hydrogen) atoms. The molecule has 0 saturated carbocycles. The molecule has 0 aliphatic heterocycles. The van der Waals surface area contributed by atoms with Gasteiger partial charge >= 0.3 is 5.97 Å². The van der Waals surface area contributed by atoms with Crippen molar-refractivity contribution in [3.8, 4) is 5.75 Å². The fraction of sp³-hybridized carbons (Fsp3) is 0.188. The predicted octanol–water partition coefficient (Wildman–Crippen LogP) is 5.47. The van der Waals surface area contributed by atoms with Crippen LogP contribution in [0.3, 0.4) is 0 Å². The Morgan fingerprint density at radius 2 is 1.24 bits per heavy atom. The summed E-state index contributed by atoms with van der Waals surface area (Å²) in [6, 6.07) is 35.8. The topological polar surface area (TPSA) is 64.6 Å². The Bertz CT molecular complexity index is 1250. The van der Waals surface area contributed by atoms with E-state index in [-0.39, 0.29) is 12.3 Å². The van der Waals surface area contributed by atoms with Crippen LogP contribution in [-0.2, 0) is 32.8 Å². The second kappa shape index (κ2) is 12.0. The lowest BCUT2D eigenvalue weighted by Gasteiger charge is -2.31. The van der Waals surface area contributed by atoms with Gasteiger partial charge in [0.15, 0.2) is 0 Å². The number of amides is 1. The smallest absolute Gasteiger partial charge is 0.328 e. The van der Waals surface area contributed by atoms with E-state index < -0.39 is 17.4 Å². The molecule has 0 saturated heterocycles. The maximum atomic E-state index is 13.8. The molecule has 0 aliphatic rings. The largest absolute Gasteiger partial charge is 0.489 e. The number of carbonyl (C=O) groups excluding carboxylic acids is 2. The summed E-state index contributed by atoms with van der Waals surface area (Å²) in [5, 5.41) is 2.97. The standard InChI is InChI=1S/C32H31NO4/c1-32(26-14-8-4-9-15-26,27-16-10-5-11-17-27)31(35)33-29(30(34)36-2)22-24-18-20-28(21-19-24)37-23-25-12-6-3-7-13-25/h3-21,29H,22-23H2,1-2H3,(H,33,35)/t29-/m1/s1. The summed E-state index contributed by atoms with van der Waals surface area (Å²) in [5.74, 6) is -0.0451. The molecule has 1 amide bonds. The van der Waals surface area contributed by atoms with Gasteiger partial charge in [-0.1, -0.05) is 103 Å². The highest BCUT2D eigenvalue weighted by molar-refractivity contribution is 5.94. The first-order valence-corrected chi connectivity index (χ1v) is 12.3. The summed E-state index contributed by atoms with van der Waals surface area (Å²) in [7, 11) is 1.33. The third kappa shape index (κ3) is 6.25. The van der Waals surface area contributed by atoms with Crippen LogP contribution in [0.5, 0.6) is 5.75 Å². The third-order valence-corrected chi connectivity index (χ3v) is 6.56. The summed E-state index contributed by atoms with van der Waals surface area (Å²) in [5.41, 5.74) is 2.64. The van der Waals surface area contributed by atoms with Gasteiger partial charge in [-0.15, -0.1) is 0 Å². The van der Waals surface area contributed by atoms with E-state index in [1.807, 2.05) is 122 Å². The van der Waals surface area contributed by atoms with E-state index in [0.29, 0.717) is 6.61 Å². The van der Waals surface area contributed by atoms with Gasteiger partial charge < -0.3 is 14.8 Å². The van der Waals surface area contributed by atoms with Crippen LogP contribution in [0.4, 0.5) is 0 Å². The molecule has 5 nitrogen and oxygen atoms in total. The molecule has 1 N–H and O–H groups in total. The predicted molar refractivity (Wildman–Crippen MR) is 144 cm³/mol. The minimum absolute atomic E-state index is 0.275. The number of ether oxygens (including phenoxy) is 2. The minimum Gasteiger partial charge on any atom is -0.489 e. The van der Waals surface area contributed by atoms with Crippen molar-refractivity contribution in [1.29, 1.82) is 0 Å². The van der Waals surface area contributed by atoms with Crippen molar-refractivity contribution in [2.45, 2.75) is 31.4 Å². The Labute approximate surface area is 218 Å². The van der Waals surface area contributed by atoms with Crippen LogP contribution in [0.2, 0.25) is 0 Å². The SMILES string of the molecule is COC(=O)[C@@H](Cc1ccc(OCc2ccccc2)cc1)NC(=O)C(C)(c1ccccc1)c1ccccc1. The zero-order chi connectivity index (χ0) is 26.1. The number of nitrogens with one attached hydrogen (secondary N) is 1. The van der Waals surface area contributed by atoms with E-state index in [2.05, 4.69) is 5.32 Å². The highest BCUT2D eigenvalue weighted by Gasteiger charge is 2.39. The molecule has 4 rings (SSSR count). The summed E-state index contributed by atoms with van der Waals surface area (Å²) in [6.45, 7) is 2.35. The van der Waals surface area contributed by atoms with E-state index >= 15 is 0 Å². The number of hydrogen-bond donors (Lipinski definition) is 1. The lowest BCUT2D eigenvalue weighted by atomic mass is 9.75. The highest BCUT2D eigenvalue weighted by atomic mass is 16.5. The number of rotatable bonds is 10. The minimum atomic E-state index is -0.996. The molecule has 0 aromatic heterocycles. The number of esters is 1. The van der Waals surface area contributed by atoms with Gasteiger partial charge in [-0.25, -0.2) is 4.79 Å². The molecule has 4 aromatic rings. The van der Waals surface area contributed by atoms with Gasteiger partial charge in [0.05, 0.1) is 12.5 Å². The van der Waals surface area contributed by atoms with Crippen molar-refractivity contribution in [2.24, 2.45) is 0 Å². The fourth-order valence-electron chi connectivity index (χ4n) is 4.31. The monoisotopic (exact) mass is 493 g/mol. The summed E-state index contributed by atoms with van der Waals surface area (Å²) in [6.07, 6.45) is 0.289. The second-order valence-corrected chi connectivity index (χ2v) is 9.03. The number of benzene rings is 4. The van der Waals surface area contributed by atoms with Gasteiger partial charge in [-0.05, 0) is 41.3 Å². The van der Waals surface area contributed by atoms with Crippen molar-refractivity contribution in [3.63, 3.8) is 0 Å². The van der Waals surface area contributed by atoms with Crippen LogP contribution in [0.15, 0.2) is 115 Å². The lowest BCUT2D eigenvalue weighted by molar-refractivity contribution is -0.145. The molecule has 5 heteroatoms. The average Bonchev–Trinajstić information content (AvgIpc) is 2.97. The van der Waals surface area contributed by atoms with Crippen LogP contribution in [0.1, 0.15) is 29.2 Å². The van der Waals surface area contributed by atoms with Crippen LogP contribution < -0.4 is 10.1 Å². The molecule has 0 heterocycles. The first-order chi connectivity index (χ1) is 18.0. The van der Waals surface area contributed by atoms with Crippen LogP contribution in [0.25, 0.3) is 0 Å². The van der Waals surface area contributed by atoms with Crippen molar-refractivity contribution in [3.05, 3.63) is 138 Å². The quantitative estimate of drug-likeness (QED) is 0.298. The van der Waals surface area contributed by atoms with Gasteiger partial charge in [-0.2, -0.15) is 0 Å². The Morgan fingerprint density at radius 3 is 1.76 bits per heavy atom. The maximum Gasteiger partial charge on any atom is 0.328 e. The van der Waals surface area contributed by atoms with Crippen molar-refractivity contribution in [1.82, 2.24) is 5.32 Å². The lowest BCUT2D eigenvalue weighted by Crippen LogP contribution is -2.51. The molecular weight excluding hydrogens is 462 g/mol. The van der Waals surface area contributed by atoms with Crippen LogP contribution >= 0.6 is 0 Å². The molecule has 0 bridgehead atoms. The Balaban J connectivity index is 1.51. The van der Waals surface area contributed by atoms with Crippen molar-refractivity contribution < 1.29 is 19.1 Å². The molecule has 0 fully saturated rings. The summed E-state index contributed by atoms with van der Waals surface area (Å²) >= 11 is 0. The first kappa shape index (κ1) is 25.7. The van der Waals surface area contributed by atoms with E-state index in [4.69, 9.17) is 9.47 Å². The summed E-state index contributed by atoms with van der Waals surface area (Å²) < 4.78 is 10.9. The van der Waals surface area contributed by atoms with Gasteiger partial charge in [0.1, 0.15) is 18.4 Å². The molecule has 0 unspecified atom stereocenters. The highest BCUT2D eigenvalue weighted by Crippen LogP contribution is 2.32. The Morgan fingerprint density at radius 1 is 0.730 bits per heavy atom. The van der Waals surface area contributed by atoms with Crippen molar-refractivity contribution in [2.75, 3.05) is 7.11 Å². The molecular formula is C32H31NO4. The molecule has 0 radical (unpaired) electrons. The average molecular weight is 494 g/mol. The zero-order valence-electron chi connectivity index (χ0n) is 21.1. The maximum absolute atomic E-state index is 13.8.